The summed E-state index contributed by atoms with van der Waals surface area (Å²) in [6.45, 7) is 0. The van der Waals surface area contributed by atoms with Crippen molar-refractivity contribution >= 4 is 18.7 Å². The van der Waals surface area contributed by atoms with Gasteiger partial charge >= 0.3 is 7.12 Å². The summed E-state index contributed by atoms with van der Waals surface area (Å²) in [6.07, 6.45) is 3.03. The topological polar surface area (TPSA) is 18.5 Å². The highest BCUT2D eigenvalue weighted by Crippen LogP contribution is 2.03. The van der Waals surface area contributed by atoms with Crippen molar-refractivity contribution in [3.63, 3.8) is 0 Å². The molecule has 0 aromatic carbocycles. The fraction of sp³-hybridized carbons (Fsp3) is 1.00. The summed E-state index contributed by atoms with van der Waals surface area (Å²) < 4.78 is 9.96. The minimum Gasteiger partial charge on any atom is -0.414 e. The van der Waals surface area contributed by atoms with Crippen LogP contribution in [0.5, 0.6) is 0 Å². The Bertz CT molecular complexity index is 68.8. The first-order chi connectivity index (χ1) is 4.85. The molecule has 0 aromatic rings. The highest BCUT2D eigenvalue weighted by atomic mass is 35.5. The molecule has 0 spiro atoms. The number of hydrogen-bond donors (Lipinski definition) is 0. The third-order valence-electron chi connectivity index (χ3n) is 1.35. The van der Waals surface area contributed by atoms with Gasteiger partial charge in [0, 0.05) is 20.1 Å². The highest BCUT2D eigenvalue weighted by Gasteiger charge is 2.12. The first kappa shape index (κ1) is 10.3. The zero-order chi connectivity index (χ0) is 7.82. The van der Waals surface area contributed by atoms with Gasteiger partial charge in [0.1, 0.15) is 0 Å². The Morgan fingerprint density at radius 1 is 1.20 bits per heavy atom. The van der Waals surface area contributed by atoms with Crippen molar-refractivity contribution in [2.45, 2.75) is 19.2 Å². The molecule has 0 bridgehead atoms. The predicted molar refractivity (Wildman–Crippen MR) is 44.5 cm³/mol. The Hall–Kier alpha value is 0.275. The average molecular weight is 164 g/mol. The zero-order valence-corrected chi connectivity index (χ0v) is 7.36. The standard InChI is InChI=1S/C6H14BClO2/c1-9-7(10-2)5-3-4-6-8/h3-6H2,1-2H3. The van der Waals surface area contributed by atoms with Crippen molar-refractivity contribution in [3.05, 3.63) is 0 Å². The average Bonchev–Trinajstić information content (AvgIpc) is 1.99. The predicted octanol–water partition coefficient (Wildman–Crippen LogP) is 1.79. The largest absolute Gasteiger partial charge is 0.456 e. The molecule has 0 aliphatic heterocycles. The molecule has 0 saturated heterocycles. The maximum absolute atomic E-state index is 5.49. The van der Waals surface area contributed by atoms with Crippen LogP contribution in [0.25, 0.3) is 0 Å². The molecular weight excluding hydrogens is 150 g/mol. The van der Waals surface area contributed by atoms with Crippen LogP contribution in [0.1, 0.15) is 12.8 Å². The van der Waals surface area contributed by atoms with Crippen LogP contribution < -0.4 is 0 Å². The van der Waals surface area contributed by atoms with Gasteiger partial charge in [-0.05, 0) is 12.7 Å². The Balaban J connectivity index is 3.09. The van der Waals surface area contributed by atoms with Gasteiger partial charge in [0.05, 0.1) is 0 Å². The summed E-state index contributed by atoms with van der Waals surface area (Å²) in [6, 6.07) is 0. The second-order valence-corrected chi connectivity index (χ2v) is 2.46. The van der Waals surface area contributed by atoms with E-state index in [4.69, 9.17) is 20.9 Å². The van der Waals surface area contributed by atoms with Crippen LogP contribution in [0.4, 0.5) is 0 Å². The molecule has 0 saturated carbocycles. The summed E-state index contributed by atoms with van der Waals surface area (Å²) in [5.41, 5.74) is 0. The van der Waals surface area contributed by atoms with Crippen molar-refractivity contribution in [1.82, 2.24) is 0 Å². The molecule has 0 unspecified atom stereocenters. The number of rotatable bonds is 6. The van der Waals surface area contributed by atoms with Crippen molar-refractivity contribution in [3.8, 4) is 0 Å². The second-order valence-electron chi connectivity index (χ2n) is 2.09. The van der Waals surface area contributed by atoms with E-state index in [-0.39, 0.29) is 7.12 Å². The third-order valence-corrected chi connectivity index (χ3v) is 1.62. The van der Waals surface area contributed by atoms with E-state index in [1.54, 1.807) is 14.2 Å². The normalized spacial score (nSPS) is 9.90. The van der Waals surface area contributed by atoms with Gasteiger partial charge < -0.3 is 9.31 Å². The molecule has 0 atom stereocenters. The van der Waals surface area contributed by atoms with Crippen LogP contribution >= 0.6 is 11.6 Å². The Morgan fingerprint density at radius 2 is 1.80 bits per heavy atom. The van der Waals surface area contributed by atoms with Crippen molar-refractivity contribution in [1.29, 1.82) is 0 Å². The summed E-state index contributed by atoms with van der Waals surface area (Å²) in [5.74, 6) is 0.722. The van der Waals surface area contributed by atoms with Gasteiger partial charge in [-0.2, -0.15) is 0 Å². The summed E-state index contributed by atoms with van der Waals surface area (Å²) in [7, 11) is 3.24. The zero-order valence-electron chi connectivity index (χ0n) is 6.60. The minimum atomic E-state index is -0.0526. The maximum Gasteiger partial charge on any atom is 0.456 e. The van der Waals surface area contributed by atoms with Gasteiger partial charge in [-0.15, -0.1) is 11.6 Å². The van der Waals surface area contributed by atoms with Crippen molar-refractivity contribution in [2.75, 3.05) is 20.1 Å². The lowest BCUT2D eigenvalue weighted by atomic mass is 9.82. The lowest BCUT2D eigenvalue weighted by Gasteiger charge is -2.06. The third kappa shape index (κ3) is 5.09. The second kappa shape index (κ2) is 7.38. The molecule has 0 radical (unpaired) electrons. The van der Waals surface area contributed by atoms with Crippen molar-refractivity contribution in [2.24, 2.45) is 0 Å². The molecule has 0 aromatic heterocycles. The molecule has 0 fully saturated rings. The van der Waals surface area contributed by atoms with Gasteiger partial charge in [-0.3, -0.25) is 0 Å². The van der Waals surface area contributed by atoms with Gasteiger partial charge in [0.2, 0.25) is 0 Å². The number of halogens is 1. The monoisotopic (exact) mass is 164 g/mol. The van der Waals surface area contributed by atoms with E-state index in [1.165, 1.54) is 0 Å². The van der Waals surface area contributed by atoms with Gasteiger partial charge in [0.15, 0.2) is 0 Å². The maximum atomic E-state index is 5.49. The lowest BCUT2D eigenvalue weighted by Crippen LogP contribution is -2.18. The molecule has 60 valence electrons. The van der Waals surface area contributed by atoms with E-state index in [9.17, 15) is 0 Å². The summed E-state index contributed by atoms with van der Waals surface area (Å²) in [4.78, 5) is 0. The molecule has 2 nitrogen and oxygen atoms in total. The Morgan fingerprint density at radius 3 is 2.20 bits per heavy atom. The van der Waals surface area contributed by atoms with E-state index in [0.29, 0.717) is 0 Å². The van der Waals surface area contributed by atoms with E-state index < -0.39 is 0 Å². The summed E-state index contributed by atoms with van der Waals surface area (Å²) in [5, 5.41) is 0. The number of alkyl halides is 1. The van der Waals surface area contributed by atoms with Crippen LogP contribution in [0.2, 0.25) is 6.32 Å². The Labute approximate surface area is 68.0 Å². The van der Waals surface area contributed by atoms with Crippen LogP contribution in [-0.4, -0.2) is 27.2 Å². The molecule has 4 heteroatoms. The molecule has 0 amide bonds. The highest BCUT2D eigenvalue weighted by molar-refractivity contribution is 6.44. The summed E-state index contributed by atoms with van der Waals surface area (Å²) >= 11 is 5.49. The molecule has 0 aliphatic rings. The first-order valence-corrected chi connectivity index (χ1v) is 4.00. The number of unbranched alkanes of at least 4 members (excludes halogenated alkanes) is 1. The molecule has 0 aliphatic carbocycles. The number of hydrogen-bond acceptors (Lipinski definition) is 2. The van der Waals surface area contributed by atoms with E-state index >= 15 is 0 Å². The first-order valence-electron chi connectivity index (χ1n) is 3.46. The van der Waals surface area contributed by atoms with Crippen LogP contribution in [-0.2, 0) is 9.31 Å². The minimum absolute atomic E-state index is 0.0526. The van der Waals surface area contributed by atoms with E-state index in [1.807, 2.05) is 0 Å². The fourth-order valence-corrected chi connectivity index (χ4v) is 0.926. The smallest absolute Gasteiger partial charge is 0.414 e. The van der Waals surface area contributed by atoms with Crippen molar-refractivity contribution < 1.29 is 9.31 Å². The molecule has 0 heterocycles. The fourth-order valence-electron chi connectivity index (χ4n) is 0.737. The molecule has 0 rings (SSSR count). The SMILES string of the molecule is COB(CCCCCl)OC. The van der Waals surface area contributed by atoms with Gasteiger partial charge in [-0.25, -0.2) is 0 Å². The molecule has 10 heavy (non-hydrogen) atoms. The Kier molecular flexibility index (Phi) is 7.59. The van der Waals surface area contributed by atoms with Crippen LogP contribution in [0.3, 0.4) is 0 Å². The molecule has 0 N–H and O–H groups in total. The van der Waals surface area contributed by atoms with E-state index in [2.05, 4.69) is 0 Å². The van der Waals surface area contributed by atoms with Crippen LogP contribution in [0.15, 0.2) is 0 Å². The quantitative estimate of drug-likeness (QED) is 0.338. The molecular formula is C6H14BClO2. The van der Waals surface area contributed by atoms with Crippen LogP contribution in [0, 0.1) is 0 Å². The van der Waals surface area contributed by atoms with E-state index in [0.717, 1.165) is 25.0 Å². The van der Waals surface area contributed by atoms with Gasteiger partial charge in [-0.1, -0.05) is 6.42 Å². The van der Waals surface area contributed by atoms with Gasteiger partial charge in [0.25, 0.3) is 0 Å². The lowest BCUT2D eigenvalue weighted by molar-refractivity contribution is 0.276.